The SMILES string of the molecule is COc1ccc(C)cc1/C=C/C(=O)N1CCOC(CC(=O)O)C1. The maximum atomic E-state index is 12.3. The van der Waals surface area contributed by atoms with E-state index in [1.165, 1.54) is 6.08 Å². The minimum absolute atomic E-state index is 0.0980. The summed E-state index contributed by atoms with van der Waals surface area (Å²) in [4.78, 5) is 24.6. The molecule has 1 N–H and O–H groups in total. The third-order valence-corrected chi connectivity index (χ3v) is 3.64. The van der Waals surface area contributed by atoms with Crippen molar-refractivity contribution in [2.75, 3.05) is 26.8 Å². The number of carbonyl (C=O) groups is 2. The molecule has 0 spiro atoms. The number of hydrogen-bond acceptors (Lipinski definition) is 4. The van der Waals surface area contributed by atoms with Gasteiger partial charge in [-0.3, -0.25) is 9.59 Å². The Bertz CT molecular complexity index is 611. The van der Waals surface area contributed by atoms with Crippen LogP contribution in [0.5, 0.6) is 5.75 Å². The van der Waals surface area contributed by atoms with Crippen molar-refractivity contribution < 1.29 is 24.2 Å². The minimum Gasteiger partial charge on any atom is -0.496 e. The first-order valence-corrected chi connectivity index (χ1v) is 7.44. The monoisotopic (exact) mass is 319 g/mol. The molecular formula is C17H21NO5. The Morgan fingerprint density at radius 3 is 2.96 bits per heavy atom. The molecule has 0 saturated carbocycles. The van der Waals surface area contributed by atoms with Gasteiger partial charge in [-0.1, -0.05) is 11.6 Å². The van der Waals surface area contributed by atoms with Crippen LogP contribution in [0.2, 0.25) is 0 Å². The highest BCUT2D eigenvalue weighted by atomic mass is 16.5. The van der Waals surface area contributed by atoms with Crippen molar-refractivity contribution in [1.82, 2.24) is 4.90 Å². The van der Waals surface area contributed by atoms with Gasteiger partial charge in [-0.05, 0) is 25.1 Å². The number of ether oxygens (including phenoxy) is 2. The highest BCUT2D eigenvalue weighted by Crippen LogP contribution is 2.21. The molecular weight excluding hydrogens is 298 g/mol. The van der Waals surface area contributed by atoms with Gasteiger partial charge in [0.2, 0.25) is 5.91 Å². The van der Waals surface area contributed by atoms with Crippen LogP contribution >= 0.6 is 0 Å². The predicted molar refractivity (Wildman–Crippen MR) is 85.3 cm³/mol. The van der Waals surface area contributed by atoms with E-state index in [0.717, 1.165) is 11.1 Å². The molecule has 1 atom stereocenters. The second-order valence-electron chi connectivity index (χ2n) is 5.45. The van der Waals surface area contributed by atoms with Crippen LogP contribution in [0.15, 0.2) is 24.3 Å². The minimum atomic E-state index is -0.927. The van der Waals surface area contributed by atoms with Crippen LogP contribution in [0.1, 0.15) is 17.5 Å². The molecule has 1 aromatic carbocycles. The summed E-state index contributed by atoms with van der Waals surface area (Å²) in [5.41, 5.74) is 1.90. The van der Waals surface area contributed by atoms with Gasteiger partial charge in [0.15, 0.2) is 0 Å². The van der Waals surface area contributed by atoms with Crippen LogP contribution in [0.25, 0.3) is 6.08 Å². The zero-order valence-corrected chi connectivity index (χ0v) is 13.3. The summed E-state index contributed by atoms with van der Waals surface area (Å²) < 4.78 is 10.6. The van der Waals surface area contributed by atoms with Gasteiger partial charge in [0, 0.05) is 24.7 Å². The van der Waals surface area contributed by atoms with Gasteiger partial charge >= 0.3 is 5.97 Å². The fourth-order valence-electron chi connectivity index (χ4n) is 2.49. The lowest BCUT2D eigenvalue weighted by Crippen LogP contribution is -2.45. The van der Waals surface area contributed by atoms with Crippen molar-refractivity contribution in [1.29, 1.82) is 0 Å². The fraction of sp³-hybridized carbons (Fsp3) is 0.412. The molecule has 23 heavy (non-hydrogen) atoms. The number of carbonyl (C=O) groups excluding carboxylic acids is 1. The Morgan fingerprint density at radius 2 is 2.26 bits per heavy atom. The lowest BCUT2D eigenvalue weighted by molar-refractivity contribution is -0.145. The number of hydrogen-bond donors (Lipinski definition) is 1. The van der Waals surface area contributed by atoms with E-state index in [4.69, 9.17) is 14.6 Å². The fourth-order valence-corrected chi connectivity index (χ4v) is 2.49. The number of morpholine rings is 1. The average molecular weight is 319 g/mol. The number of nitrogens with zero attached hydrogens (tertiary/aromatic N) is 1. The molecule has 2 rings (SSSR count). The molecule has 1 aliphatic heterocycles. The maximum Gasteiger partial charge on any atom is 0.306 e. The first-order chi connectivity index (χ1) is 11.0. The van der Waals surface area contributed by atoms with Crippen LogP contribution in [0.4, 0.5) is 0 Å². The number of carboxylic acid groups (broad SMARTS) is 1. The summed E-state index contributed by atoms with van der Waals surface area (Å²) in [5.74, 6) is -0.387. The molecule has 0 aliphatic carbocycles. The lowest BCUT2D eigenvalue weighted by atomic mass is 10.1. The molecule has 124 valence electrons. The Morgan fingerprint density at radius 1 is 1.48 bits per heavy atom. The Labute approximate surface area is 135 Å². The first-order valence-electron chi connectivity index (χ1n) is 7.44. The summed E-state index contributed by atoms with van der Waals surface area (Å²) in [5, 5.41) is 8.81. The van der Waals surface area contributed by atoms with Gasteiger partial charge in [-0.15, -0.1) is 0 Å². The lowest BCUT2D eigenvalue weighted by Gasteiger charge is -2.31. The molecule has 0 aromatic heterocycles. The molecule has 6 heteroatoms. The van der Waals surface area contributed by atoms with Crippen molar-refractivity contribution in [2.24, 2.45) is 0 Å². The number of amides is 1. The van der Waals surface area contributed by atoms with Crippen molar-refractivity contribution >= 4 is 18.0 Å². The quantitative estimate of drug-likeness (QED) is 0.836. The molecule has 1 fully saturated rings. The van der Waals surface area contributed by atoms with E-state index < -0.39 is 12.1 Å². The van der Waals surface area contributed by atoms with Gasteiger partial charge in [0.05, 0.1) is 26.2 Å². The van der Waals surface area contributed by atoms with Crippen LogP contribution in [0, 0.1) is 6.92 Å². The molecule has 0 radical (unpaired) electrons. The van der Waals surface area contributed by atoms with Crippen molar-refractivity contribution in [2.45, 2.75) is 19.4 Å². The summed E-state index contributed by atoms with van der Waals surface area (Å²) in [6, 6.07) is 5.74. The predicted octanol–water partition coefficient (Wildman–Crippen LogP) is 1.72. The van der Waals surface area contributed by atoms with Crippen LogP contribution in [0.3, 0.4) is 0 Å². The van der Waals surface area contributed by atoms with E-state index in [2.05, 4.69) is 0 Å². The number of benzene rings is 1. The van der Waals surface area contributed by atoms with E-state index in [-0.39, 0.29) is 12.3 Å². The molecule has 1 aliphatic rings. The second-order valence-corrected chi connectivity index (χ2v) is 5.45. The van der Waals surface area contributed by atoms with Crippen LogP contribution in [-0.4, -0.2) is 54.8 Å². The highest BCUT2D eigenvalue weighted by molar-refractivity contribution is 5.92. The van der Waals surface area contributed by atoms with Crippen LogP contribution < -0.4 is 4.74 Å². The molecule has 6 nitrogen and oxygen atoms in total. The topological polar surface area (TPSA) is 76.1 Å². The Kier molecular flexibility index (Phi) is 5.76. The normalized spacial score (nSPS) is 18.2. The number of aliphatic carboxylic acids is 1. The standard InChI is InChI=1S/C17H21NO5/c1-12-3-5-15(22-2)13(9-12)4-6-16(19)18-7-8-23-14(11-18)10-17(20)21/h3-6,9,14H,7-8,10-11H2,1-2H3,(H,20,21)/b6-4+. The molecule has 1 aromatic rings. The Hall–Kier alpha value is -2.34. The summed E-state index contributed by atoms with van der Waals surface area (Å²) in [7, 11) is 1.59. The molecule has 1 heterocycles. The van der Waals surface area contributed by atoms with Crippen molar-refractivity contribution in [3.63, 3.8) is 0 Å². The third-order valence-electron chi connectivity index (χ3n) is 3.64. The van der Waals surface area contributed by atoms with Gasteiger partial charge in [-0.25, -0.2) is 0 Å². The third kappa shape index (κ3) is 4.82. The summed E-state index contributed by atoms with van der Waals surface area (Å²) in [6.07, 6.45) is 2.65. The second kappa shape index (κ2) is 7.78. The molecule has 1 unspecified atom stereocenters. The van der Waals surface area contributed by atoms with Gasteiger partial charge in [0.25, 0.3) is 0 Å². The van der Waals surface area contributed by atoms with E-state index in [1.807, 2.05) is 25.1 Å². The van der Waals surface area contributed by atoms with E-state index in [9.17, 15) is 9.59 Å². The number of rotatable bonds is 5. The van der Waals surface area contributed by atoms with Gasteiger partial charge < -0.3 is 19.5 Å². The highest BCUT2D eigenvalue weighted by Gasteiger charge is 2.24. The Balaban J connectivity index is 2.03. The zero-order chi connectivity index (χ0) is 16.8. The van der Waals surface area contributed by atoms with Gasteiger partial charge in [-0.2, -0.15) is 0 Å². The molecule has 0 bridgehead atoms. The largest absolute Gasteiger partial charge is 0.496 e. The van der Waals surface area contributed by atoms with E-state index >= 15 is 0 Å². The van der Waals surface area contributed by atoms with Crippen molar-refractivity contribution in [3.8, 4) is 5.75 Å². The number of aryl methyl sites for hydroxylation is 1. The van der Waals surface area contributed by atoms with E-state index in [0.29, 0.717) is 25.4 Å². The number of methoxy groups -OCH3 is 1. The van der Waals surface area contributed by atoms with Gasteiger partial charge in [0.1, 0.15) is 5.75 Å². The molecule has 1 amide bonds. The first kappa shape index (κ1) is 17.0. The van der Waals surface area contributed by atoms with Crippen molar-refractivity contribution in [3.05, 3.63) is 35.4 Å². The zero-order valence-electron chi connectivity index (χ0n) is 13.3. The smallest absolute Gasteiger partial charge is 0.306 e. The molecule has 1 saturated heterocycles. The average Bonchev–Trinajstić information content (AvgIpc) is 2.52. The summed E-state index contributed by atoms with van der Waals surface area (Å²) >= 11 is 0. The van der Waals surface area contributed by atoms with E-state index in [1.54, 1.807) is 18.1 Å². The summed E-state index contributed by atoms with van der Waals surface area (Å²) in [6.45, 7) is 3.08. The number of carboxylic acids is 1. The van der Waals surface area contributed by atoms with Crippen LogP contribution in [-0.2, 0) is 14.3 Å². The maximum absolute atomic E-state index is 12.3.